The minimum atomic E-state index is 0.0449. The van der Waals surface area contributed by atoms with E-state index in [0.717, 1.165) is 17.2 Å². The molecule has 2 fully saturated rings. The third kappa shape index (κ3) is 2.94. The molecule has 3 rings (SSSR count). The summed E-state index contributed by atoms with van der Waals surface area (Å²) in [5.41, 5.74) is 3.13. The molecule has 0 aromatic carbocycles. The van der Waals surface area contributed by atoms with Crippen molar-refractivity contribution in [3.63, 3.8) is 0 Å². The maximum atomic E-state index is 12.5. The van der Waals surface area contributed by atoms with Crippen molar-refractivity contribution in [3.8, 4) is 0 Å². The maximum absolute atomic E-state index is 12.5. The van der Waals surface area contributed by atoms with E-state index < -0.39 is 0 Å². The Bertz CT molecular complexity index is 540. The van der Waals surface area contributed by atoms with Crippen molar-refractivity contribution >= 4 is 5.91 Å². The molecule has 0 radical (unpaired) electrons. The molecule has 1 atom stereocenters. The molecule has 1 amide bonds. The van der Waals surface area contributed by atoms with Crippen LogP contribution in [-0.4, -0.2) is 29.7 Å². The van der Waals surface area contributed by atoms with Gasteiger partial charge in [0.25, 0.3) is 5.91 Å². The molecule has 22 heavy (non-hydrogen) atoms. The lowest BCUT2D eigenvalue weighted by molar-refractivity contribution is -0.00347. The lowest BCUT2D eigenvalue weighted by Crippen LogP contribution is -2.48. The van der Waals surface area contributed by atoms with Crippen LogP contribution in [0.4, 0.5) is 0 Å². The molecule has 1 aromatic heterocycles. The highest BCUT2D eigenvalue weighted by Gasteiger charge is 2.27. The molecule has 1 saturated carbocycles. The summed E-state index contributed by atoms with van der Waals surface area (Å²) in [5, 5.41) is 3.06. The van der Waals surface area contributed by atoms with Crippen LogP contribution in [0.5, 0.6) is 0 Å². The first kappa shape index (κ1) is 15.6. The number of hydrogen-bond acceptors (Lipinski definition) is 2. The van der Waals surface area contributed by atoms with Gasteiger partial charge in [-0.2, -0.15) is 0 Å². The lowest BCUT2D eigenvalue weighted by atomic mass is 9.84. The number of carbonyl (C=O) groups is 1. The van der Waals surface area contributed by atoms with E-state index in [4.69, 9.17) is 4.74 Å². The van der Waals surface area contributed by atoms with Gasteiger partial charge >= 0.3 is 0 Å². The van der Waals surface area contributed by atoms with Gasteiger partial charge in [-0.1, -0.05) is 19.3 Å². The second-order valence-electron chi connectivity index (χ2n) is 7.00. The van der Waals surface area contributed by atoms with Gasteiger partial charge in [0.15, 0.2) is 0 Å². The molecule has 4 nitrogen and oxygen atoms in total. The minimum absolute atomic E-state index is 0.0449. The Labute approximate surface area is 133 Å². The molecule has 1 aliphatic heterocycles. The Morgan fingerprint density at radius 3 is 2.55 bits per heavy atom. The van der Waals surface area contributed by atoms with Gasteiger partial charge in [-0.25, -0.2) is 0 Å². The van der Waals surface area contributed by atoms with Crippen LogP contribution >= 0.6 is 0 Å². The number of rotatable bonds is 4. The molecule has 1 saturated heterocycles. The zero-order valence-corrected chi connectivity index (χ0v) is 14.0. The molecular formula is C18H28N2O2. The molecular weight excluding hydrogens is 276 g/mol. The fourth-order valence-corrected chi connectivity index (χ4v) is 4.04. The summed E-state index contributed by atoms with van der Waals surface area (Å²) in [4.78, 5) is 12.5. The Balaban J connectivity index is 1.77. The SMILES string of the molecule is Cc1cc(C(=O)NC2COC2)c(C)n1C(C)C1CCCCC1. The Morgan fingerprint density at radius 2 is 1.95 bits per heavy atom. The molecule has 122 valence electrons. The van der Waals surface area contributed by atoms with Crippen LogP contribution in [0.3, 0.4) is 0 Å². The van der Waals surface area contributed by atoms with E-state index in [2.05, 4.69) is 30.7 Å². The van der Waals surface area contributed by atoms with E-state index in [1.54, 1.807) is 0 Å². The van der Waals surface area contributed by atoms with E-state index in [1.165, 1.54) is 37.8 Å². The van der Waals surface area contributed by atoms with E-state index in [9.17, 15) is 4.79 Å². The summed E-state index contributed by atoms with van der Waals surface area (Å²) >= 11 is 0. The maximum Gasteiger partial charge on any atom is 0.253 e. The summed E-state index contributed by atoms with van der Waals surface area (Å²) in [6.45, 7) is 7.80. The van der Waals surface area contributed by atoms with Crippen molar-refractivity contribution in [2.45, 2.75) is 65.0 Å². The Kier molecular flexibility index (Phi) is 4.57. The zero-order valence-electron chi connectivity index (χ0n) is 14.0. The molecule has 4 heteroatoms. The van der Waals surface area contributed by atoms with E-state index in [-0.39, 0.29) is 11.9 Å². The number of nitrogens with zero attached hydrogens (tertiary/aromatic N) is 1. The van der Waals surface area contributed by atoms with Crippen LogP contribution in [-0.2, 0) is 4.74 Å². The summed E-state index contributed by atoms with van der Waals surface area (Å²) in [6.07, 6.45) is 6.72. The van der Waals surface area contributed by atoms with E-state index in [1.807, 2.05) is 6.07 Å². The van der Waals surface area contributed by atoms with Gasteiger partial charge in [0, 0.05) is 17.4 Å². The number of hydrogen-bond donors (Lipinski definition) is 1. The van der Waals surface area contributed by atoms with Gasteiger partial charge in [-0.15, -0.1) is 0 Å². The summed E-state index contributed by atoms with van der Waals surface area (Å²) in [7, 11) is 0. The molecule has 1 N–H and O–H groups in total. The number of ether oxygens (including phenoxy) is 1. The van der Waals surface area contributed by atoms with Crippen molar-refractivity contribution in [2.75, 3.05) is 13.2 Å². The second-order valence-corrected chi connectivity index (χ2v) is 7.00. The van der Waals surface area contributed by atoms with E-state index >= 15 is 0 Å². The summed E-state index contributed by atoms with van der Waals surface area (Å²) in [5.74, 6) is 0.790. The molecule has 0 bridgehead atoms. The zero-order chi connectivity index (χ0) is 15.7. The lowest BCUT2D eigenvalue weighted by Gasteiger charge is -2.31. The Hall–Kier alpha value is -1.29. The smallest absolute Gasteiger partial charge is 0.253 e. The fourth-order valence-electron chi connectivity index (χ4n) is 4.04. The third-order valence-electron chi connectivity index (χ3n) is 5.44. The number of aryl methyl sites for hydroxylation is 1. The average molecular weight is 304 g/mol. The van der Waals surface area contributed by atoms with Crippen LogP contribution in [0.25, 0.3) is 0 Å². The van der Waals surface area contributed by atoms with Crippen molar-refractivity contribution in [2.24, 2.45) is 5.92 Å². The summed E-state index contributed by atoms with van der Waals surface area (Å²) < 4.78 is 7.51. The normalized spacial score (nSPS) is 21.4. The van der Waals surface area contributed by atoms with Gasteiger partial charge in [-0.05, 0) is 45.6 Å². The highest BCUT2D eigenvalue weighted by Crippen LogP contribution is 2.35. The number of amides is 1. The van der Waals surface area contributed by atoms with Crippen LogP contribution in [0.2, 0.25) is 0 Å². The monoisotopic (exact) mass is 304 g/mol. The molecule has 0 spiro atoms. The van der Waals surface area contributed by atoms with Gasteiger partial charge in [0.05, 0.1) is 24.8 Å². The van der Waals surface area contributed by atoms with Crippen LogP contribution in [0.1, 0.15) is 66.8 Å². The van der Waals surface area contributed by atoms with Crippen molar-refractivity contribution < 1.29 is 9.53 Å². The number of aromatic nitrogens is 1. The average Bonchev–Trinajstić information content (AvgIpc) is 2.78. The molecule has 2 aliphatic rings. The van der Waals surface area contributed by atoms with Crippen molar-refractivity contribution in [1.82, 2.24) is 9.88 Å². The highest BCUT2D eigenvalue weighted by molar-refractivity contribution is 5.96. The van der Waals surface area contributed by atoms with Crippen LogP contribution in [0.15, 0.2) is 6.07 Å². The quantitative estimate of drug-likeness (QED) is 0.926. The first-order chi connectivity index (χ1) is 10.6. The Morgan fingerprint density at radius 1 is 1.27 bits per heavy atom. The first-order valence-corrected chi connectivity index (χ1v) is 8.65. The third-order valence-corrected chi connectivity index (χ3v) is 5.44. The van der Waals surface area contributed by atoms with Crippen LogP contribution < -0.4 is 5.32 Å². The predicted octanol–water partition coefficient (Wildman–Crippen LogP) is 3.37. The van der Waals surface area contributed by atoms with Crippen molar-refractivity contribution in [3.05, 3.63) is 23.0 Å². The van der Waals surface area contributed by atoms with Crippen molar-refractivity contribution in [1.29, 1.82) is 0 Å². The van der Waals surface area contributed by atoms with Gasteiger partial charge in [0.2, 0.25) is 0 Å². The topological polar surface area (TPSA) is 43.3 Å². The number of carbonyl (C=O) groups excluding carboxylic acids is 1. The standard InChI is InChI=1S/C18H28N2O2/c1-12-9-17(18(21)19-16-10-22-11-16)14(3)20(12)13(2)15-7-5-4-6-8-15/h9,13,15-16H,4-8,10-11H2,1-3H3,(H,19,21). The molecule has 2 heterocycles. The minimum Gasteiger partial charge on any atom is -0.377 e. The first-order valence-electron chi connectivity index (χ1n) is 8.65. The molecule has 1 aliphatic carbocycles. The summed E-state index contributed by atoms with van der Waals surface area (Å²) in [6, 6.07) is 2.71. The highest BCUT2D eigenvalue weighted by atomic mass is 16.5. The van der Waals surface area contributed by atoms with Gasteiger partial charge < -0.3 is 14.6 Å². The van der Waals surface area contributed by atoms with E-state index in [0.29, 0.717) is 19.3 Å². The number of nitrogens with one attached hydrogen (secondary N) is 1. The second kappa shape index (κ2) is 6.45. The molecule has 1 aromatic rings. The molecule has 1 unspecified atom stereocenters. The van der Waals surface area contributed by atoms with Crippen LogP contribution in [0, 0.1) is 19.8 Å². The largest absolute Gasteiger partial charge is 0.377 e. The van der Waals surface area contributed by atoms with Gasteiger partial charge in [-0.3, -0.25) is 4.79 Å². The predicted molar refractivity (Wildman–Crippen MR) is 87.3 cm³/mol. The van der Waals surface area contributed by atoms with Gasteiger partial charge in [0.1, 0.15) is 0 Å². The fraction of sp³-hybridized carbons (Fsp3) is 0.722.